The summed E-state index contributed by atoms with van der Waals surface area (Å²) in [7, 11) is 0. The van der Waals surface area contributed by atoms with Crippen molar-refractivity contribution in [3.63, 3.8) is 0 Å². The summed E-state index contributed by atoms with van der Waals surface area (Å²) in [5.74, 6) is -3.90. The van der Waals surface area contributed by atoms with E-state index in [9.17, 15) is 14.7 Å². The Bertz CT molecular complexity index is 1350. The first-order valence-electron chi connectivity index (χ1n) is 11.0. The molecule has 1 aromatic carbocycles. The highest BCUT2D eigenvalue weighted by atomic mass is 19.3. The molecular weight excluding hydrogens is 430 g/mol. The van der Waals surface area contributed by atoms with Gasteiger partial charge < -0.3 is 10.4 Å². The van der Waals surface area contributed by atoms with Crippen LogP contribution in [-0.2, 0) is 12.0 Å². The van der Waals surface area contributed by atoms with Gasteiger partial charge in [-0.1, -0.05) is 6.07 Å². The highest BCUT2D eigenvalue weighted by Crippen LogP contribution is 2.55. The Kier molecular flexibility index (Phi) is 4.77. The lowest BCUT2D eigenvalue weighted by atomic mass is 9.81. The third-order valence-electron chi connectivity index (χ3n) is 7.07. The van der Waals surface area contributed by atoms with E-state index in [2.05, 4.69) is 10.3 Å². The first-order valence-corrected chi connectivity index (χ1v) is 11.0. The number of alkyl halides is 2. The van der Waals surface area contributed by atoms with Crippen LogP contribution in [0.3, 0.4) is 0 Å². The maximum absolute atomic E-state index is 15.0. The predicted octanol–water partition coefficient (Wildman–Crippen LogP) is 4.43. The van der Waals surface area contributed by atoms with Crippen molar-refractivity contribution in [1.82, 2.24) is 14.5 Å². The maximum atomic E-state index is 15.0. The van der Waals surface area contributed by atoms with Crippen molar-refractivity contribution >= 4 is 22.6 Å². The lowest BCUT2D eigenvalue weighted by Gasteiger charge is -2.30. The average Bonchev–Trinajstić information content (AvgIpc) is 3.29. The molecule has 0 bridgehead atoms. The van der Waals surface area contributed by atoms with Gasteiger partial charge in [-0.25, -0.2) is 23.5 Å². The molecule has 0 amide bonds. The normalized spacial score (nSPS) is 21.9. The number of fused-ring (bicyclic) bond motifs is 3. The van der Waals surface area contributed by atoms with Crippen molar-refractivity contribution in [1.29, 1.82) is 0 Å². The molecule has 0 radical (unpaired) electrons. The van der Waals surface area contributed by atoms with E-state index in [1.807, 2.05) is 19.9 Å². The molecule has 1 spiro atoms. The topological polar surface area (TPSA) is 97.1 Å². The molecule has 3 aromatic rings. The van der Waals surface area contributed by atoms with Gasteiger partial charge in [0.1, 0.15) is 5.82 Å². The molecule has 2 aliphatic rings. The minimum Gasteiger partial charge on any atom is -0.476 e. The van der Waals surface area contributed by atoms with Crippen molar-refractivity contribution < 1.29 is 18.7 Å². The molecule has 5 rings (SSSR count). The van der Waals surface area contributed by atoms with Crippen molar-refractivity contribution in [3.05, 3.63) is 63.5 Å². The van der Waals surface area contributed by atoms with Gasteiger partial charge >= 0.3 is 5.97 Å². The number of aromatic nitrogens is 3. The van der Waals surface area contributed by atoms with E-state index >= 15 is 8.78 Å². The van der Waals surface area contributed by atoms with Crippen LogP contribution in [0.5, 0.6) is 0 Å². The molecule has 2 N–H and O–H groups in total. The zero-order valence-corrected chi connectivity index (χ0v) is 18.4. The third-order valence-corrected chi connectivity index (χ3v) is 7.07. The molecule has 2 atom stereocenters. The fourth-order valence-corrected chi connectivity index (χ4v) is 5.44. The number of carboxylic acids is 1. The zero-order valence-electron chi connectivity index (χ0n) is 18.4. The summed E-state index contributed by atoms with van der Waals surface area (Å²) in [4.78, 5) is 33.6. The molecular formula is C24H24F2N4O3. The number of hydrogen-bond donors (Lipinski definition) is 2. The molecule has 1 fully saturated rings. The number of pyridine rings is 1. The fourth-order valence-electron chi connectivity index (χ4n) is 5.44. The Hall–Kier alpha value is -3.36. The molecule has 0 unspecified atom stereocenters. The van der Waals surface area contributed by atoms with Crippen LogP contribution in [0.2, 0.25) is 0 Å². The predicted molar refractivity (Wildman–Crippen MR) is 119 cm³/mol. The second-order valence-corrected chi connectivity index (χ2v) is 9.10. The number of halogens is 2. The number of anilines is 1. The van der Waals surface area contributed by atoms with Crippen molar-refractivity contribution in [2.24, 2.45) is 0 Å². The largest absolute Gasteiger partial charge is 0.476 e. The van der Waals surface area contributed by atoms with Crippen LogP contribution in [0.1, 0.15) is 66.1 Å². The highest BCUT2D eigenvalue weighted by Gasteiger charge is 2.62. The minimum absolute atomic E-state index is 0.125. The third kappa shape index (κ3) is 3.13. The first-order chi connectivity index (χ1) is 15.6. The van der Waals surface area contributed by atoms with Crippen LogP contribution in [-0.4, -0.2) is 31.5 Å². The molecule has 7 nitrogen and oxygen atoms in total. The molecule has 3 heterocycles. The number of aryl methyl sites for hydroxylation is 1. The Morgan fingerprint density at radius 1 is 1.27 bits per heavy atom. The molecule has 33 heavy (non-hydrogen) atoms. The van der Waals surface area contributed by atoms with Gasteiger partial charge in [0.05, 0.1) is 28.0 Å². The van der Waals surface area contributed by atoms with Gasteiger partial charge in [0.25, 0.3) is 11.5 Å². The maximum Gasteiger partial charge on any atom is 0.356 e. The van der Waals surface area contributed by atoms with Gasteiger partial charge in [-0.2, -0.15) is 0 Å². The van der Waals surface area contributed by atoms with Gasteiger partial charge in [0.15, 0.2) is 5.69 Å². The molecule has 1 aliphatic carbocycles. The smallest absolute Gasteiger partial charge is 0.356 e. The van der Waals surface area contributed by atoms with E-state index in [0.29, 0.717) is 35.0 Å². The van der Waals surface area contributed by atoms with Gasteiger partial charge in [-0.3, -0.25) is 9.36 Å². The Labute approximate surface area is 188 Å². The summed E-state index contributed by atoms with van der Waals surface area (Å²) in [5, 5.41) is 13.0. The van der Waals surface area contributed by atoms with Gasteiger partial charge in [-0.15, -0.1) is 0 Å². The first kappa shape index (κ1) is 21.5. The van der Waals surface area contributed by atoms with E-state index in [4.69, 9.17) is 4.98 Å². The average molecular weight is 454 g/mol. The van der Waals surface area contributed by atoms with Crippen molar-refractivity contribution in [3.8, 4) is 0 Å². The van der Waals surface area contributed by atoms with Crippen molar-refractivity contribution in [2.75, 3.05) is 5.32 Å². The molecule has 1 saturated carbocycles. The van der Waals surface area contributed by atoms with Crippen LogP contribution in [0, 0.1) is 6.92 Å². The van der Waals surface area contributed by atoms with Crippen LogP contribution >= 0.6 is 0 Å². The quantitative estimate of drug-likeness (QED) is 0.605. The molecule has 1 aliphatic heterocycles. The number of rotatable bonds is 4. The van der Waals surface area contributed by atoms with Crippen LogP contribution in [0.15, 0.2) is 35.3 Å². The molecule has 9 heteroatoms. The van der Waals surface area contributed by atoms with E-state index in [-0.39, 0.29) is 36.5 Å². The number of nitrogens with one attached hydrogen (secondary N) is 1. The SMILES string of the molecule is Cc1cc([C@@H](C)Nc2cccnc2C(=O)O)c2nc3n(c(=O)c2c1)CC[C@]31CCCC1(F)F. The minimum atomic E-state index is -2.90. The van der Waals surface area contributed by atoms with Crippen LogP contribution in [0.4, 0.5) is 14.5 Å². The second kappa shape index (κ2) is 7.33. The second-order valence-electron chi connectivity index (χ2n) is 9.10. The Morgan fingerprint density at radius 2 is 2.06 bits per heavy atom. The standard InChI is InChI=1S/C24H24F2N4O3/c1-13-11-15(14(2)28-17-5-3-9-27-19(17)21(32)33)18-16(12-13)20(31)30-10-8-23(22(30)29-18)6-4-7-24(23,25)26/h3,5,9,11-12,14,28H,4,6-8,10H2,1-2H3,(H,32,33)/t14-,23-/m1/s1. The number of aromatic carboxylic acids is 1. The fraction of sp³-hybridized carbons (Fsp3) is 0.417. The van der Waals surface area contributed by atoms with Crippen LogP contribution < -0.4 is 10.9 Å². The van der Waals surface area contributed by atoms with Crippen LogP contribution in [0.25, 0.3) is 10.9 Å². The molecule has 2 aromatic heterocycles. The van der Waals surface area contributed by atoms with Gasteiger partial charge in [0, 0.05) is 24.7 Å². The number of carboxylic acid groups (broad SMARTS) is 1. The monoisotopic (exact) mass is 454 g/mol. The lowest BCUT2D eigenvalue weighted by Crippen LogP contribution is -2.40. The summed E-state index contributed by atoms with van der Waals surface area (Å²) in [5.41, 5.74) is 0.340. The Morgan fingerprint density at radius 3 is 2.76 bits per heavy atom. The lowest BCUT2D eigenvalue weighted by molar-refractivity contribution is -0.0584. The summed E-state index contributed by atoms with van der Waals surface area (Å²) in [6.07, 6.45) is 2.12. The summed E-state index contributed by atoms with van der Waals surface area (Å²) in [6, 6.07) is 6.37. The van der Waals surface area contributed by atoms with E-state index < -0.39 is 23.3 Å². The summed E-state index contributed by atoms with van der Waals surface area (Å²) < 4.78 is 31.5. The van der Waals surface area contributed by atoms with Gasteiger partial charge in [-0.05, 0) is 56.9 Å². The Balaban J connectivity index is 1.68. The number of benzene rings is 1. The number of hydrogen-bond acceptors (Lipinski definition) is 5. The van der Waals surface area contributed by atoms with E-state index in [1.54, 1.807) is 18.2 Å². The van der Waals surface area contributed by atoms with E-state index in [1.165, 1.54) is 10.8 Å². The zero-order chi connectivity index (χ0) is 23.5. The summed E-state index contributed by atoms with van der Waals surface area (Å²) in [6.45, 7) is 3.91. The number of carbonyl (C=O) groups is 1. The summed E-state index contributed by atoms with van der Waals surface area (Å²) >= 11 is 0. The van der Waals surface area contributed by atoms with E-state index in [0.717, 1.165) is 5.56 Å². The number of nitrogens with zero attached hydrogens (tertiary/aromatic N) is 3. The highest BCUT2D eigenvalue weighted by molar-refractivity contribution is 5.92. The molecule has 172 valence electrons. The van der Waals surface area contributed by atoms with Gasteiger partial charge in [0.2, 0.25) is 0 Å². The molecule has 0 saturated heterocycles. The van der Waals surface area contributed by atoms with Crippen molar-refractivity contribution in [2.45, 2.75) is 63.5 Å².